The highest BCUT2D eigenvalue weighted by Crippen LogP contribution is 2.30. The zero-order chi connectivity index (χ0) is 18.3. The van der Waals surface area contributed by atoms with Gasteiger partial charge in [0.1, 0.15) is 11.1 Å². The van der Waals surface area contributed by atoms with Crippen LogP contribution in [-0.2, 0) is 11.3 Å². The molecule has 1 saturated carbocycles. The summed E-state index contributed by atoms with van der Waals surface area (Å²) in [6.07, 6.45) is 2.81. The second-order valence-electron chi connectivity index (χ2n) is 6.92. The van der Waals surface area contributed by atoms with E-state index in [-0.39, 0.29) is 12.5 Å². The highest BCUT2D eigenvalue weighted by molar-refractivity contribution is 5.91. The number of rotatable bonds is 7. The molecule has 1 fully saturated rings. The second kappa shape index (κ2) is 8.31. The minimum atomic E-state index is -1.38. The first-order valence-electron chi connectivity index (χ1n) is 8.58. The summed E-state index contributed by atoms with van der Waals surface area (Å²) < 4.78 is 0. The maximum absolute atomic E-state index is 12.6. The van der Waals surface area contributed by atoms with Crippen LogP contribution in [0.1, 0.15) is 38.2 Å². The van der Waals surface area contributed by atoms with Gasteiger partial charge in [0.25, 0.3) is 0 Å². The van der Waals surface area contributed by atoms with E-state index in [1.165, 1.54) is 6.92 Å². The van der Waals surface area contributed by atoms with E-state index in [0.29, 0.717) is 19.4 Å². The quantitative estimate of drug-likeness (QED) is 0.498. The fourth-order valence-electron chi connectivity index (χ4n) is 2.92. The van der Waals surface area contributed by atoms with Gasteiger partial charge in [-0.2, -0.15) is 0 Å². The Hall–Kier alpha value is -2.12. The molecule has 2 rings (SSSR count). The summed E-state index contributed by atoms with van der Waals surface area (Å²) >= 11 is 0. The number of hydrogen-bond acceptors (Lipinski definition) is 4. The van der Waals surface area contributed by atoms with Crippen LogP contribution in [0.5, 0.6) is 0 Å². The van der Waals surface area contributed by atoms with Crippen LogP contribution in [0.4, 0.5) is 4.79 Å². The van der Waals surface area contributed by atoms with Gasteiger partial charge in [0.05, 0.1) is 6.61 Å². The molecule has 0 bridgehead atoms. The van der Waals surface area contributed by atoms with E-state index in [0.717, 1.165) is 18.4 Å². The number of urea groups is 1. The summed E-state index contributed by atoms with van der Waals surface area (Å²) in [7, 11) is 0. The van der Waals surface area contributed by atoms with Crippen molar-refractivity contribution in [2.45, 2.75) is 50.3 Å². The van der Waals surface area contributed by atoms with Gasteiger partial charge in [-0.05, 0) is 25.3 Å². The monoisotopic (exact) mass is 349 g/mol. The first-order chi connectivity index (χ1) is 11.9. The van der Waals surface area contributed by atoms with Gasteiger partial charge in [0.15, 0.2) is 0 Å². The fourth-order valence-corrected chi connectivity index (χ4v) is 2.92. The van der Waals surface area contributed by atoms with Crippen LogP contribution in [0.3, 0.4) is 0 Å². The Bertz CT molecular complexity index is 583. The molecule has 1 aromatic rings. The predicted octanol–water partition coefficient (Wildman–Crippen LogP) is 0.658. The van der Waals surface area contributed by atoms with E-state index in [1.807, 2.05) is 30.3 Å². The lowest BCUT2D eigenvalue weighted by Gasteiger charge is -2.31. The van der Waals surface area contributed by atoms with Gasteiger partial charge in [0.2, 0.25) is 5.91 Å². The Kier molecular flexibility index (Phi) is 6.39. The highest BCUT2D eigenvalue weighted by atomic mass is 16.3. The summed E-state index contributed by atoms with van der Waals surface area (Å²) in [5, 5.41) is 27.1. The first-order valence-corrected chi connectivity index (χ1v) is 8.58. The Balaban J connectivity index is 1.92. The van der Waals surface area contributed by atoms with E-state index in [4.69, 9.17) is 5.11 Å². The molecule has 1 aromatic carbocycles. The van der Waals surface area contributed by atoms with Crippen molar-refractivity contribution in [3.8, 4) is 0 Å². The largest absolute Gasteiger partial charge is 0.393 e. The number of nitrogens with one attached hydrogen (secondary N) is 3. The number of aliphatic hydroxyl groups excluding tert-OH is 1. The molecular weight excluding hydrogens is 322 g/mol. The normalized spacial score (nSPS) is 18.2. The number of aliphatic hydroxyl groups is 2. The van der Waals surface area contributed by atoms with Crippen molar-refractivity contribution >= 4 is 11.9 Å². The summed E-state index contributed by atoms with van der Waals surface area (Å²) in [5.41, 5.74) is -1.38. The van der Waals surface area contributed by atoms with Crippen LogP contribution in [0.15, 0.2) is 30.3 Å². The van der Waals surface area contributed by atoms with Crippen molar-refractivity contribution in [2.75, 3.05) is 13.2 Å². The standard InChI is InChI=1S/C18H27N3O4/c1-17(25,13-22)12-20-15(23)18(9-5-6-10-18)21-16(24)19-11-14-7-3-2-4-8-14/h2-4,7-8,22,25H,5-6,9-13H2,1H3,(H,20,23)(H2,19,21,24)/t17-/m0/s1. The number of benzene rings is 1. The Morgan fingerprint density at radius 2 is 1.80 bits per heavy atom. The SMILES string of the molecule is C[C@@](O)(CO)CNC(=O)C1(NC(=O)NCc2ccccc2)CCCC1. The molecule has 0 aromatic heterocycles. The zero-order valence-electron chi connectivity index (χ0n) is 14.5. The third kappa shape index (κ3) is 5.44. The van der Waals surface area contributed by atoms with Crippen molar-refractivity contribution in [1.29, 1.82) is 0 Å². The van der Waals surface area contributed by atoms with Crippen LogP contribution in [0.2, 0.25) is 0 Å². The van der Waals surface area contributed by atoms with Gasteiger partial charge in [-0.25, -0.2) is 4.79 Å². The van der Waals surface area contributed by atoms with E-state index in [2.05, 4.69) is 16.0 Å². The van der Waals surface area contributed by atoms with Crippen molar-refractivity contribution in [3.63, 3.8) is 0 Å². The Morgan fingerprint density at radius 1 is 1.16 bits per heavy atom. The molecule has 7 heteroatoms. The topological polar surface area (TPSA) is 111 Å². The summed E-state index contributed by atoms with van der Waals surface area (Å²) in [6, 6.07) is 9.13. The molecule has 1 aliphatic rings. The van der Waals surface area contributed by atoms with Gasteiger partial charge >= 0.3 is 6.03 Å². The van der Waals surface area contributed by atoms with E-state index >= 15 is 0 Å². The summed E-state index contributed by atoms with van der Waals surface area (Å²) in [5.74, 6) is -0.325. The number of carbonyl (C=O) groups is 2. The highest BCUT2D eigenvalue weighted by Gasteiger charge is 2.42. The molecule has 25 heavy (non-hydrogen) atoms. The van der Waals surface area contributed by atoms with Crippen molar-refractivity contribution in [3.05, 3.63) is 35.9 Å². The van der Waals surface area contributed by atoms with Crippen LogP contribution >= 0.6 is 0 Å². The van der Waals surface area contributed by atoms with E-state index in [9.17, 15) is 14.7 Å². The van der Waals surface area contributed by atoms with Crippen LogP contribution < -0.4 is 16.0 Å². The fraction of sp³-hybridized carbons (Fsp3) is 0.556. The molecule has 0 saturated heterocycles. The molecule has 0 spiro atoms. The van der Waals surface area contributed by atoms with Crippen molar-refractivity contribution < 1.29 is 19.8 Å². The molecule has 0 radical (unpaired) electrons. The predicted molar refractivity (Wildman–Crippen MR) is 93.7 cm³/mol. The third-order valence-electron chi connectivity index (χ3n) is 4.51. The van der Waals surface area contributed by atoms with E-state index in [1.54, 1.807) is 0 Å². The van der Waals surface area contributed by atoms with Gasteiger partial charge in [0, 0.05) is 13.1 Å². The number of amides is 3. The minimum absolute atomic E-state index is 0.0720. The van der Waals surface area contributed by atoms with Gasteiger partial charge < -0.3 is 26.2 Å². The molecule has 0 unspecified atom stereocenters. The van der Waals surface area contributed by atoms with Gasteiger partial charge in [-0.15, -0.1) is 0 Å². The Labute approximate surface area is 147 Å². The Morgan fingerprint density at radius 3 is 2.40 bits per heavy atom. The summed E-state index contributed by atoms with van der Waals surface area (Å²) in [6.45, 7) is 1.29. The molecule has 1 atom stereocenters. The first kappa shape index (κ1) is 19.2. The molecule has 7 nitrogen and oxygen atoms in total. The van der Waals surface area contributed by atoms with Gasteiger partial charge in [-0.1, -0.05) is 43.2 Å². The number of carbonyl (C=O) groups excluding carboxylic acids is 2. The van der Waals surface area contributed by atoms with Crippen LogP contribution in [0, 0.1) is 0 Å². The van der Waals surface area contributed by atoms with Crippen molar-refractivity contribution in [2.24, 2.45) is 0 Å². The summed E-state index contributed by atoms with van der Waals surface area (Å²) in [4.78, 5) is 24.8. The third-order valence-corrected chi connectivity index (χ3v) is 4.51. The zero-order valence-corrected chi connectivity index (χ0v) is 14.5. The van der Waals surface area contributed by atoms with Crippen LogP contribution in [-0.4, -0.2) is 46.4 Å². The lowest BCUT2D eigenvalue weighted by atomic mass is 9.96. The van der Waals surface area contributed by atoms with E-state index < -0.39 is 23.8 Å². The maximum atomic E-state index is 12.6. The molecule has 3 amide bonds. The lowest BCUT2D eigenvalue weighted by molar-refractivity contribution is -0.128. The lowest BCUT2D eigenvalue weighted by Crippen LogP contribution is -2.60. The molecule has 5 N–H and O–H groups in total. The molecule has 138 valence electrons. The number of hydrogen-bond donors (Lipinski definition) is 5. The van der Waals surface area contributed by atoms with Crippen LogP contribution in [0.25, 0.3) is 0 Å². The smallest absolute Gasteiger partial charge is 0.315 e. The average molecular weight is 349 g/mol. The minimum Gasteiger partial charge on any atom is -0.393 e. The average Bonchev–Trinajstić information content (AvgIpc) is 3.08. The van der Waals surface area contributed by atoms with Crippen molar-refractivity contribution in [1.82, 2.24) is 16.0 Å². The molecule has 1 aliphatic carbocycles. The maximum Gasteiger partial charge on any atom is 0.315 e. The van der Waals surface area contributed by atoms with Gasteiger partial charge in [-0.3, -0.25) is 4.79 Å². The molecule has 0 heterocycles. The molecule has 0 aliphatic heterocycles. The molecular formula is C18H27N3O4. The second-order valence-corrected chi connectivity index (χ2v) is 6.92.